The van der Waals surface area contributed by atoms with Crippen LogP contribution in [0.15, 0.2) is 30.6 Å². The molecule has 1 aliphatic heterocycles. The lowest BCUT2D eigenvalue weighted by atomic mass is 10.1. The summed E-state index contributed by atoms with van der Waals surface area (Å²) >= 11 is 0. The standard InChI is InChI=1S/C23H30N6O2/c1-16-21(17(2)29-23(27-16)25-15-26-29)7-8-22(31)24-13-18-3-5-19(6-4-18)14-28-11-9-20(30)10-12-28/h3-6,15,20,30H,7-14H2,1-2H3,(H,24,31). The molecule has 3 aromatic rings. The van der Waals surface area contributed by atoms with Crippen molar-refractivity contribution in [3.05, 3.63) is 58.7 Å². The first-order valence-corrected chi connectivity index (χ1v) is 10.9. The Hall–Kier alpha value is -2.84. The Morgan fingerprint density at radius 3 is 2.61 bits per heavy atom. The topological polar surface area (TPSA) is 95.6 Å². The molecular formula is C23H30N6O2. The van der Waals surface area contributed by atoms with Gasteiger partial charge in [0, 0.05) is 44.0 Å². The van der Waals surface area contributed by atoms with Crippen LogP contribution in [0.4, 0.5) is 0 Å². The van der Waals surface area contributed by atoms with Crippen LogP contribution in [0.5, 0.6) is 0 Å². The number of carbonyl (C=O) groups is 1. The van der Waals surface area contributed by atoms with E-state index in [-0.39, 0.29) is 12.0 Å². The second-order valence-corrected chi connectivity index (χ2v) is 8.33. The highest BCUT2D eigenvalue weighted by molar-refractivity contribution is 5.76. The van der Waals surface area contributed by atoms with E-state index in [2.05, 4.69) is 49.5 Å². The van der Waals surface area contributed by atoms with Crippen molar-refractivity contribution in [2.75, 3.05) is 13.1 Å². The number of rotatable bonds is 7. The molecule has 0 atom stereocenters. The lowest BCUT2D eigenvalue weighted by molar-refractivity contribution is -0.121. The highest BCUT2D eigenvalue weighted by Crippen LogP contribution is 2.16. The maximum absolute atomic E-state index is 12.4. The minimum atomic E-state index is -0.142. The molecule has 4 rings (SSSR count). The average molecular weight is 423 g/mol. The number of likely N-dealkylation sites (tertiary alicyclic amines) is 1. The predicted molar refractivity (Wildman–Crippen MR) is 117 cm³/mol. The Bertz CT molecular complexity index is 1040. The van der Waals surface area contributed by atoms with Crippen LogP contribution in [0, 0.1) is 13.8 Å². The SMILES string of the molecule is Cc1nc2ncnn2c(C)c1CCC(=O)NCc1ccc(CN2CCC(O)CC2)cc1. The summed E-state index contributed by atoms with van der Waals surface area (Å²) in [6, 6.07) is 8.40. The fourth-order valence-electron chi connectivity index (χ4n) is 4.14. The molecule has 0 aliphatic carbocycles. The van der Waals surface area contributed by atoms with Crippen molar-refractivity contribution in [2.24, 2.45) is 0 Å². The number of benzene rings is 1. The number of hydrogen-bond acceptors (Lipinski definition) is 6. The van der Waals surface area contributed by atoms with E-state index in [1.807, 2.05) is 13.8 Å². The number of aryl methyl sites for hydroxylation is 2. The van der Waals surface area contributed by atoms with Crippen LogP contribution in [-0.2, 0) is 24.3 Å². The van der Waals surface area contributed by atoms with Gasteiger partial charge in [0.05, 0.1) is 6.10 Å². The van der Waals surface area contributed by atoms with Gasteiger partial charge in [-0.1, -0.05) is 24.3 Å². The van der Waals surface area contributed by atoms with Gasteiger partial charge in [-0.25, -0.2) is 9.50 Å². The molecule has 1 aliphatic rings. The minimum Gasteiger partial charge on any atom is -0.393 e. The van der Waals surface area contributed by atoms with Gasteiger partial charge in [0.25, 0.3) is 5.78 Å². The number of hydrogen-bond donors (Lipinski definition) is 2. The Morgan fingerprint density at radius 1 is 1.16 bits per heavy atom. The number of nitrogens with one attached hydrogen (secondary N) is 1. The number of aliphatic hydroxyl groups is 1. The third kappa shape index (κ3) is 5.26. The molecule has 0 spiro atoms. The van der Waals surface area contributed by atoms with Gasteiger partial charge in [-0.2, -0.15) is 10.1 Å². The summed E-state index contributed by atoms with van der Waals surface area (Å²) in [4.78, 5) is 23.4. The molecule has 0 radical (unpaired) electrons. The monoisotopic (exact) mass is 422 g/mol. The number of fused-ring (bicyclic) bond motifs is 1. The molecule has 0 saturated carbocycles. The number of aliphatic hydroxyl groups excluding tert-OH is 1. The van der Waals surface area contributed by atoms with Crippen LogP contribution in [0.25, 0.3) is 5.78 Å². The quantitative estimate of drug-likeness (QED) is 0.604. The summed E-state index contributed by atoms with van der Waals surface area (Å²) in [5, 5.41) is 16.8. The first-order valence-electron chi connectivity index (χ1n) is 10.9. The van der Waals surface area contributed by atoms with Crippen LogP contribution in [-0.4, -0.2) is 54.7 Å². The van der Waals surface area contributed by atoms with E-state index in [1.54, 1.807) is 4.52 Å². The Morgan fingerprint density at radius 2 is 1.87 bits per heavy atom. The van der Waals surface area contributed by atoms with Crippen LogP contribution < -0.4 is 5.32 Å². The van der Waals surface area contributed by atoms with Crippen LogP contribution in [0.3, 0.4) is 0 Å². The van der Waals surface area contributed by atoms with Gasteiger partial charge in [0.2, 0.25) is 5.91 Å². The van der Waals surface area contributed by atoms with E-state index in [0.29, 0.717) is 25.2 Å². The number of carbonyl (C=O) groups excluding carboxylic acids is 1. The smallest absolute Gasteiger partial charge is 0.252 e. The Labute approximate surface area is 182 Å². The average Bonchev–Trinajstić information content (AvgIpc) is 3.23. The van der Waals surface area contributed by atoms with Gasteiger partial charge in [0.15, 0.2) is 0 Å². The normalized spacial score (nSPS) is 15.5. The lowest BCUT2D eigenvalue weighted by Crippen LogP contribution is -2.35. The van der Waals surface area contributed by atoms with Crippen molar-refractivity contribution in [1.82, 2.24) is 29.8 Å². The molecule has 8 heteroatoms. The van der Waals surface area contributed by atoms with Crippen molar-refractivity contribution >= 4 is 11.7 Å². The highest BCUT2D eigenvalue weighted by atomic mass is 16.3. The number of piperidine rings is 1. The summed E-state index contributed by atoms with van der Waals surface area (Å²) in [5.41, 5.74) is 5.26. The summed E-state index contributed by atoms with van der Waals surface area (Å²) in [6.45, 7) is 7.24. The third-order valence-electron chi connectivity index (χ3n) is 6.07. The summed E-state index contributed by atoms with van der Waals surface area (Å²) in [5.74, 6) is 0.609. The van der Waals surface area contributed by atoms with E-state index in [1.165, 1.54) is 11.9 Å². The van der Waals surface area contributed by atoms with Crippen molar-refractivity contribution in [2.45, 2.75) is 58.7 Å². The number of aromatic nitrogens is 4. The first kappa shape index (κ1) is 21.4. The molecule has 3 heterocycles. The lowest BCUT2D eigenvalue weighted by Gasteiger charge is -2.29. The molecular weight excluding hydrogens is 392 g/mol. The zero-order valence-electron chi connectivity index (χ0n) is 18.2. The molecule has 1 saturated heterocycles. The minimum absolute atomic E-state index is 0.0217. The number of nitrogens with zero attached hydrogens (tertiary/aromatic N) is 5. The van der Waals surface area contributed by atoms with Gasteiger partial charge >= 0.3 is 0 Å². The summed E-state index contributed by atoms with van der Waals surface area (Å²) in [7, 11) is 0. The second kappa shape index (κ2) is 9.53. The molecule has 1 fully saturated rings. The molecule has 0 unspecified atom stereocenters. The van der Waals surface area contributed by atoms with E-state index >= 15 is 0 Å². The maximum atomic E-state index is 12.4. The van der Waals surface area contributed by atoms with Crippen molar-refractivity contribution in [1.29, 1.82) is 0 Å². The fourth-order valence-corrected chi connectivity index (χ4v) is 4.14. The van der Waals surface area contributed by atoms with E-state index in [4.69, 9.17) is 0 Å². The van der Waals surface area contributed by atoms with Crippen molar-refractivity contribution in [3.63, 3.8) is 0 Å². The largest absolute Gasteiger partial charge is 0.393 e. The van der Waals surface area contributed by atoms with Crippen molar-refractivity contribution < 1.29 is 9.90 Å². The molecule has 0 bridgehead atoms. The summed E-state index contributed by atoms with van der Waals surface area (Å²) in [6.07, 6.45) is 4.08. The van der Waals surface area contributed by atoms with E-state index in [9.17, 15) is 9.90 Å². The van der Waals surface area contributed by atoms with E-state index < -0.39 is 0 Å². The summed E-state index contributed by atoms with van der Waals surface area (Å²) < 4.78 is 1.72. The number of amides is 1. The Balaban J connectivity index is 1.25. The second-order valence-electron chi connectivity index (χ2n) is 8.33. The molecule has 2 aromatic heterocycles. The van der Waals surface area contributed by atoms with Crippen molar-refractivity contribution in [3.8, 4) is 0 Å². The molecule has 1 amide bonds. The first-order chi connectivity index (χ1) is 15.0. The van der Waals surface area contributed by atoms with E-state index in [0.717, 1.165) is 55.0 Å². The molecule has 8 nitrogen and oxygen atoms in total. The van der Waals surface area contributed by atoms with Gasteiger partial charge in [-0.15, -0.1) is 0 Å². The van der Waals surface area contributed by atoms with Gasteiger partial charge < -0.3 is 10.4 Å². The zero-order chi connectivity index (χ0) is 21.8. The fraction of sp³-hybridized carbons (Fsp3) is 0.478. The van der Waals surface area contributed by atoms with Crippen LogP contribution in [0.1, 0.15) is 47.3 Å². The molecule has 31 heavy (non-hydrogen) atoms. The predicted octanol–water partition coefficient (Wildman–Crippen LogP) is 1.95. The highest BCUT2D eigenvalue weighted by Gasteiger charge is 2.17. The molecule has 2 N–H and O–H groups in total. The third-order valence-corrected chi connectivity index (χ3v) is 6.07. The maximum Gasteiger partial charge on any atom is 0.252 e. The van der Waals surface area contributed by atoms with Crippen LogP contribution >= 0.6 is 0 Å². The molecule has 164 valence electrons. The van der Waals surface area contributed by atoms with Crippen LogP contribution in [0.2, 0.25) is 0 Å². The van der Waals surface area contributed by atoms with Gasteiger partial charge in [-0.05, 0) is 49.8 Å². The molecule has 1 aromatic carbocycles. The zero-order valence-corrected chi connectivity index (χ0v) is 18.2. The van der Waals surface area contributed by atoms with Gasteiger partial charge in [0.1, 0.15) is 6.33 Å². The Kier molecular flexibility index (Phi) is 6.58. The van der Waals surface area contributed by atoms with Gasteiger partial charge in [-0.3, -0.25) is 9.69 Å².